The summed E-state index contributed by atoms with van der Waals surface area (Å²) in [5, 5.41) is 11.9. The van der Waals surface area contributed by atoms with Crippen LogP contribution in [0, 0.1) is 12.8 Å². The molecule has 0 amide bonds. The van der Waals surface area contributed by atoms with Gasteiger partial charge in [0.05, 0.1) is 11.4 Å². The predicted octanol–water partition coefficient (Wildman–Crippen LogP) is 2.10. The fourth-order valence-electron chi connectivity index (χ4n) is 3.42. The van der Waals surface area contributed by atoms with Gasteiger partial charge in [-0.15, -0.1) is 0 Å². The lowest BCUT2D eigenvalue weighted by Gasteiger charge is -2.23. The maximum absolute atomic E-state index is 5.21. The summed E-state index contributed by atoms with van der Waals surface area (Å²) < 4.78 is 7.34. The molecule has 0 saturated heterocycles. The van der Waals surface area contributed by atoms with Crippen LogP contribution in [0.3, 0.4) is 0 Å². The average molecular weight is 353 g/mol. The molecule has 1 atom stereocenters. The molecule has 0 saturated carbocycles. The van der Waals surface area contributed by atoms with Crippen molar-refractivity contribution < 1.29 is 4.52 Å². The van der Waals surface area contributed by atoms with Crippen LogP contribution in [0.4, 0.5) is 5.95 Å². The Labute approximate surface area is 152 Å². The zero-order valence-electron chi connectivity index (χ0n) is 14.9. The maximum atomic E-state index is 5.21. The van der Waals surface area contributed by atoms with Gasteiger partial charge in [0.2, 0.25) is 5.95 Å². The number of rotatable bonds is 6. The molecule has 0 bridgehead atoms. The molecule has 1 aliphatic rings. The van der Waals surface area contributed by atoms with Gasteiger partial charge in [-0.05, 0) is 31.4 Å². The van der Waals surface area contributed by atoms with E-state index in [9.17, 15) is 0 Å². The minimum atomic E-state index is 0.486. The molecule has 0 unspecified atom stereocenters. The highest BCUT2D eigenvalue weighted by Crippen LogP contribution is 2.20. The third-order valence-corrected chi connectivity index (χ3v) is 4.60. The predicted molar refractivity (Wildman–Crippen MR) is 96.2 cm³/mol. The minimum Gasteiger partial charge on any atom is -0.361 e. The quantitative estimate of drug-likeness (QED) is 0.726. The summed E-state index contributed by atoms with van der Waals surface area (Å²) in [6.07, 6.45) is 6.40. The first-order valence-corrected chi connectivity index (χ1v) is 8.92. The number of anilines is 1. The van der Waals surface area contributed by atoms with Crippen molar-refractivity contribution >= 4 is 5.95 Å². The Kier molecular flexibility index (Phi) is 4.92. The highest BCUT2D eigenvalue weighted by Gasteiger charge is 2.23. The molecular weight excluding hydrogens is 330 g/mol. The first-order chi connectivity index (χ1) is 12.8. The Morgan fingerprint density at radius 1 is 1.23 bits per heavy atom. The first kappa shape index (κ1) is 16.7. The van der Waals surface area contributed by atoms with E-state index in [-0.39, 0.29) is 0 Å². The summed E-state index contributed by atoms with van der Waals surface area (Å²) in [5.74, 6) is 2.01. The number of fused-ring (bicyclic) bond motifs is 1. The summed E-state index contributed by atoms with van der Waals surface area (Å²) in [4.78, 5) is 10.8. The molecule has 0 fully saturated rings. The van der Waals surface area contributed by atoms with Gasteiger partial charge in [-0.1, -0.05) is 5.16 Å². The van der Waals surface area contributed by atoms with E-state index < -0.39 is 0 Å². The lowest BCUT2D eigenvalue weighted by Crippen LogP contribution is -2.29. The Hall–Kier alpha value is -2.74. The van der Waals surface area contributed by atoms with Gasteiger partial charge in [-0.3, -0.25) is 9.58 Å². The normalized spacial score (nSPS) is 17.7. The lowest BCUT2D eigenvalue weighted by molar-refractivity contribution is 0.211. The number of aryl methyl sites for hydroxylation is 1. The largest absolute Gasteiger partial charge is 0.361 e. The van der Waals surface area contributed by atoms with Gasteiger partial charge in [0.1, 0.15) is 5.76 Å². The Bertz CT molecular complexity index is 829. The van der Waals surface area contributed by atoms with Gasteiger partial charge < -0.3 is 9.84 Å². The molecule has 8 heteroatoms. The van der Waals surface area contributed by atoms with Crippen molar-refractivity contribution in [3.63, 3.8) is 0 Å². The SMILES string of the molecule is Cc1cc(CN2Cc3ccnn3C[C@@H](CCNc3ncccn3)C2)no1. The van der Waals surface area contributed by atoms with Gasteiger partial charge in [-0.2, -0.15) is 5.10 Å². The van der Waals surface area contributed by atoms with Gasteiger partial charge in [0, 0.05) is 57.4 Å². The van der Waals surface area contributed by atoms with E-state index in [0.29, 0.717) is 11.9 Å². The zero-order valence-corrected chi connectivity index (χ0v) is 14.9. The van der Waals surface area contributed by atoms with Gasteiger partial charge in [0.25, 0.3) is 0 Å². The van der Waals surface area contributed by atoms with Gasteiger partial charge >= 0.3 is 0 Å². The third kappa shape index (κ3) is 4.08. The summed E-state index contributed by atoms with van der Waals surface area (Å²) in [7, 11) is 0. The smallest absolute Gasteiger partial charge is 0.222 e. The summed E-state index contributed by atoms with van der Waals surface area (Å²) >= 11 is 0. The fraction of sp³-hybridized carbons (Fsp3) is 0.444. The molecule has 0 radical (unpaired) electrons. The monoisotopic (exact) mass is 353 g/mol. The summed E-state index contributed by atoms with van der Waals surface area (Å²) in [6.45, 7) is 6.34. The molecule has 26 heavy (non-hydrogen) atoms. The number of hydrogen-bond donors (Lipinski definition) is 1. The third-order valence-electron chi connectivity index (χ3n) is 4.60. The zero-order chi connectivity index (χ0) is 17.8. The molecule has 1 N–H and O–H groups in total. The van der Waals surface area contributed by atoms with E-state index in [2.05, 4.69) is 41.2 Å². The summed E-state index contributed by atoms with van der Waals surface area (Å²) in [6, 6.07) is 5.92. The van der Waals surface area contributed by atoms with Crippen LogP contribution in [0.25, 0.3) is 0 Å². The second-order valence-corrected chi connectivity index (χ2v) is 6.76. The molecule has 0 spiro atoms. The van der Waals surface area contributed by atoms with E-state index in [1.165, 1.54) is 5.69 Å². The van der Waals surface area contributed by atoms with E-state index in [4.69, 9.17) is 4.52 Å². The van der Waals surface area contributed by atoms with Crippen LogP contribution in [-0.4, -0.2) is 42.9 Å². The maximum Gasteiger partial charge on any atom is 0.222 e. The van der Waals surface area contributed by atoms with Crippen molar-refractivity contribution in [3.05, 3.63) is 53.9 Å². The van der Waals surface area contributed by atoms with Gasteiger partial charge in [-0.25, -0.2) is 9.97 Å². The first-order valence-electron chi connectivity index (χ1n) is 8.92. The van der Waals surface area contributed by atoms with Crippen molar-refractivity contribution in [1.82, 2.24) is 29.8 Å². The Morgan fingerprint density at radius 2 is 2.12 bits per heavy atom. The number of aromatic nitrogens is 5. The van der Waals surface area contributed by atoms with E-state index >= 15 is 0 Å². The van der Waals surface area contributed by atoms with Crippen molar-refractivity contribution in [1.29, 1.82) is 0 Å². The van der Waals surface area contributed by atoms with Crippen molar-refractivity contribution in [2.24, 2.45) is 5.92 Å². The molecule has 3 aromatic rings. The fourth-order valence-corrected chi connectivity index (χ4v) is 3.42. The lowest BCUT2D eigenvalue weighted by atomic mass is 10.1. The standard InChI is InChI=1S/C18H23N7O/c1-14-9-16(23-26-14)12-24-10-15(11-25-17(13-24)4-8-22-25)3-7-21-18-19-5-2-6-20-18/h2,4-6,8-9,15H,3,7,10-13H2,1H3,(H,19,20,21)/t15-/m0/s1. The van der Waals surface area contributed by atoms with Crippen molar-refractivity contribution in [2.45, 2.75) is 33.0 Å². The molecule has 4 rings (SSSR count). The van der Waals surface area contributed by atoms with Crippen LogP contribution in [0.15, 0.2) is 41.3 Å². The molecule has 136 valence electrons. The van der Waals surface area contributed by atoms with E-state index in [1.54, 1.807) is 12.4 Å². The molecule has 0 aromatic carbocycles. The summed E-state index contributed by atoms with van der Waals surface area (Å²) in [5.41, 5.74) is 2.22. The van der Waals surface area contributed by atoms with Gasteiger partial charge in [0.15, 0.2) is 0 Å². The minimum absolute atomic E-state index is 0.486. The molecule has 0 aliphatic carbocycles. The number of nitrogens with zero attached hydrogens (tertiary/aromatic N) is 6. The number of hydrogen-bond acceptors (Lipinski definition) is 7. The Balaban J connectivity index is 1.40. The van der Waals surface area contributed by atoms with Crippen molar-refractivity contribution in [3.8, 4) is 0 Å². The molecule has 3 aromatic heterocycles. The topological polar surface area (TPSA) is 84.9 Å². The van der Waals surface area contributed by atoms with Crippen molar-refractivity contribution in [2.75, 3.05) is 18.4 Å². The molecular formula is C18H23N7O. The average Bonchev–Trinajstić information content (AvgIpc) is 3.21. The number of nitrogens with one attached hydrogen (secondary N) is 1. The van der Waals surface area contributed by atoms with Crippen LogP contribution in [0.2, 0.25) is 0 Å². The Morgan fingerprint density at radius 3 is 2.92 bits per heavy atom. The van der Waals surface area contributed by atoms with E-state index in [0.717, 1.165) is 50.6 Å². The highest BCUT2D eigenvalue weighted by molar-refractivity contribution is 5.21. The molecule has 4 heterocycles. The second kappa shape index (κ2) is 7.65. The molecule has 1 aliphatic heterocycles. The van der Waals surface area contributed by atoms with E-state index in [1.807, 2.05) is 25.3 Å². The van der Waals surface area contributed by atoms with Crippen LogP contribution in [-0.2, 0) is 19.6 Å². The van der Waals surface area contributed by atoms with Crippen LogP contribution >= 0.6 is 0 Å². The molecule has 8 nitrogen and oxygen atoms in total. The highest BCUT2D eigenvalue weighted by atomic mass is 16.5. The second-order valence-electron chi connectivity index (χ2n) is 6.76. The van der Waals surface area contributed by atoms with Crippen LogP contribution in [0.5, 0.6) is 0 Å². The van der Waals surface area contributed by atoms with Crippen LogP contribution in [0.1, 0.15) is 23.6 Å². The van der Waals surface area contributed by atoms with Crippen LogP contribution < -0.4 is 5.32 Å².